The first-order chi connectivity index (χ1) is 15.2. The molecule has 2 amide bonds. The van der Waals surface area contributed by atoms with Crippen LogP contribution in [0.5, 0.6) is 0 Å². The van der Waals surface area contributed by atoms with E-state index in [1.807, 2.05) is 0 Å². The van der Waals surface area contributed by atoms with Crippen molar-refractivity contribution in [2.24, 2.45) is 0 Å². The third-order valence-electron chi connectivity index (χ3n) is 5.23. The van der Waals surface area contributed by atoms with Crippen LogP contribution >= 0.6 is 22.9 Å². The number of halogens is 4. The number of fused-ring (bicyclic) bond motifs is 1. The molecule has 1 aromatic carbocycles. The van der Waals surface area contributed by atoms with Crippen molar-refractivity contribution >= 4 is 56.5 Å². The molecule has 2 aromatic heterocycles. The van der Waals surface area contributed by atoms with Crippen LogP contribution in [0, 0.1) is 0 Å². The van der Waals surface area contributed by atoms with E-state index in [9.17, 15) is 22.8 Å². The van der Waals surface area contributed by atoms with Gasteiger partial charge < -0.3 is 10.4 Å². The lowest BCUT2D eigenvalue weighted by Gasteiger charge is -2.27. The predicted molar refractivity (Wildman–Crippen MR) is 110 cm³/mol. The van der Waals surface area contributed by atoms with Crippen LogP contribution in [0.25, 0.3) is 10.9 Å². The van der Waals surface area contributed by atoms with Crippen molar-refractivity contribution in [1.29, 1.82) is 0 Å². The fourth-order valence-corrected chi connectivity index (χ4v) is 4.92. The molecule has 0 radical (unpaired) electrons. The van der Waals surface area contributed by atoms with Crippen LogP contribution in [-0.4, -0.2) is 61.0 Å². The molecular weight excluding hydrogens is 473 g/mol. The van der Waals surface area contributed by atoms with Gasteiger partial charge in [0, 0.05) is 17.3 Å². The first-order valence-corrected chi connectivity index (χ1v) is 10.6. The van der Waals surface area contributed by atoms with Crippen LogP contribution in [0.3, 0.4) is 0 Å². The van der Waals surface area contributed by atoms with Gasteiger partial charge in [-0.25, -0.2) is 0 Å². The number of alkyl halides is 3. The summed E-state index contributed by atoms with van der Waals surface area (Å²) in [5.41, 5.74) is 1.36. The van der Waals surface area contributed by atoms with Crippen LogP contribution < -0.4 is 5.32 Å². The zero-order valence-corrected chi connectivity index (χ0v) is 17.8. The molecule has 3 N–H and O–H groups in total. The van der Waals surface area contributed by atoms with E-state index in [4.69, 9.17) is 16.7 Å². The van der Waals surface area contributed by atoms with Crippen molar-refractivity contribution in [3.63, 3.8) is 0 Å². The smallest absolute Gasteiger partial charge is 0.387 e. The van der Waals surface area contributed by atoms with Crippen LogP contribution in [0.15, 0.2) is 18.3 Å². The Morgan fingerprint density at radius 2 is 2.09 bits per heavy atom. The second-order valence-corrected chi connectivity index (χ2v) is 8.60. The second kappa shape index (κ2) is 8.64. The molecule has 2 heterocycles. The summed E-state index contributed by atoms with van der Waals surface area (Å²) in [7, 11) is 0. The monoisotopic (exact) mass is 488 g/mol. The van der Waals surface area contributed by atoms with E-state index >= 15 is 0 Å². The Labute approximate surface area is 187 Å². The Hall–Kier alpha value is -2.77. The summed E-state index contributed by atoms with van der Waals surface area (Å²) >= 11 is 7.59. The first-order valence-electron chi connectivity index (χ1n) is 9.45. The molecule has 0 aliphatic heterocycles. The molecule has 1 aliphatic carbocycles. The van der Waals surface area contributed by atoms with Crippen molar-refractivity contribution in [2.45, 2.75) is 37.4 Å². The maximum atomic E-state index is 12.9. The number of carbonyl (C=O) groups is 2. The van der Waals surface area contributed by atoms with E-state index in [1.165, 1.54) is 11.3 Å². The van der Waals surface area contributed by atoms with Gasteiger partial charge in [0.05, 0.1) is 22.4 Å². The second-order valence-electron chi connectivity index (χ2n) is 7.22. The summed E-state index contributed by atoms with van der Waals surface area (Å²) in [6, 6.07) is 2.56. The number of aromatic amines is 1. The van der Waals surface area contributed by atoms with Crippen LogP contribution in [-0.2, 0) is 9.59 Å². The number of aromatic nitrogens is 4. The normalized spacial score (nSPS) is 18.8. The number of anilines is 2. The lowest BCUT2D eigenvalue weighted by Crippen LogP contribution is -2.50. The van der Waals surface area contributed by atoms with Gasteiger partial charge in [0.25, 0.3) is 5.91 Å². The zero-order valence-electron chi connectivity index (χ0n) is 16.2. The molecule has 0 unspecified atom stereocenters. The predicted octanol–water partition coefficient (Wildman–Crippen LogP) is 3.36. The van der Waals surface area contributed by atoms with Gasteiger partial charge in [-0.1, -0.05) is 22.9 Å². The van der Waals surface area contributed by atoms with Gasteiger partial charge in [-0.2, -0.15) is 18.3 Å². The molecule has 14 heteroatoms. The highest BCUT2D eigenvalue weighted by Crippen LogP contribution is 2.41. The molecule has 1 fully saturated rings. The Balaban J connectivity index is 1.48. The number of H-pyrrole nitrogens is 1. The summed E-state index contributed by atoms with van der Waals surface area (Å²) < 4.78 is 38.8. The fourth-order valence-electron chi connectivity index (χ4n) is 3.76. The lowest BCUT2D eigenvalue weighted by atomic mass is 10.1. The highest BCUT2D eigenvalue weighted by molar-refractivity contribution is 7.15. The number of aliphatic hydroxyl groups is 1. The molecule has 9 nitrogen and oxygen atoms in total. The Morgan fingerprint density at radius 3 is 2.81 bits per heavy atom. The third-order valence-corrected chi connectivity index (χ3v) is 6.63. The van der Waals surface area contributed by atoms with Crippen LogP contribution in [0.4, 0.5) is 24.0 Å². The number of benzene rings is 1. The number of hydrogen-bond donors (Lipinski definition) is 3. The zero-order chi connectivity index (χ0) is 23.0. The van der Waals surface area contributed by atoms with Gasteiger partial charge in [0.2, 0.25) is 5.13 Å². The van der Waals surface area contributed by atoms with Crippen molar-refractivity contribution in [2.75, 3.05) is 11.9 Å². The summed E-state index contributed by atoms with van der Waals surface area (Å²) in [5.74, 6) is -3.83. The van der Waals surface area contributed by atoms with Crippen LogP contribution in [0.1, 0.15) is 30.2 Å². The van der Waals surface area contributed by atoms with Gasteiger partial charge >= 0.3 is 12.1 Å². The highest BCUT2D eigenvalue weighted by atomic mass is 35.5. The summed E-state index contributed by atoms with van der Waals surface area (Å²) in [6.45, 7) is -1.18. The van der Waals surface area contributed by atoms with E-state index in [1.54, 1.807) is 18.3 Å². The topological polar surface area (TPSA) is 124 Å². The van der Waals surface area contributed by atoms with E-state index in [2.05, 4.69) is 25.7 Å². The summed E-state index contributed by atoms with van der Waals surface area (Å²) in [6.07, 6.45) is -2.93. The van der Waals surface area contributed by atoms with Crippen LogP contribution in [0.2, 0.25) is 5.02 Å². The van der Waals surface area contributed by atoms with Crippen molar-refractivity contribution in [3.8, 4) is 0 Å². The Bertz CT molecular complexity index is 1170. The Morgan fingerprint density at radius 1 is 1.31 bits per heavy atom. The van der Waals surface area contributed by atoms with Gasteiger partial charge in [0.1, 0.15) is 11.6 Å². The molecule has 4 rings (SSSR count). The molecular formula is C18H16ClF3N6O3S. The number of imide groups is 1. The molecule has 32 heavy (non-hydrogen) atoms. The number of nitrogens with zero attached hydrogens (tertiary/aromatic N) is 4. The van der Waals surface area contributed by atoms with Gasteiger partial charge in [0.15, 0.2) is 0 Å². The first kappa shape index (κ1) is 22.4. The van der Waals surface area contributed by atoms with Gasteiger partial charge in [-0.3, -0.25) is 19.6 Å². The van der Waals surface area contributed by atoms with E-state index in [0.717, 1.165) is 10.9 Å². The fraction of sp³-hybridized carbons (Fsp3) is 0.389. The van der Waals surface area contributed by atoms with E-state index in [0.29, 0.717) is 27.3 Å². The molecule has 0 spiro atoms. The lowest BCUT2D eigenvalue weighted by molar-refractivity contribution is -0.190. The van der Waals surface area contributed by atoms with Gasteiger partial charge in [-0.15, -0.1) is 10.2 Å². The number of aliphatic hydroxyl groups excluding tert-OH is 1. The average Bonchev–Trinajstić information content (AvgIpc) is 3.49. The molecule has 2 atom stereocenters. The molecule has 0 saturated heterocycles. The summed E-state index contributed by atoms with van der Waals surface area (Å²) in [5, 5.41) is 29.2. The third kappa shape index (κ3) is 4.27. The molecule has 3 aromatic rings. The summed E-state index contributed by atoms with van der Waals surface area (Å²) in [4.78, 5) is 23.7. The van der Waals surface area contributed by atoms with E-state index < -0.39 is 30.6 Å². The standard InChI is InChI=1S/C18H16ClF3N6O3S/c19-14-10-6-23-25-11(10)3-4-12(14)24-17-27-26-15(32-17)8-1-2-9(5-8)28(13(30)7-29)16(31)18(20,21)22/h3-4,6,8-9,29H,1-2,5,7H2,(H,23,25)(H,24,27)/t8-,9+/m0/s1. The molecule has 1 aliphatic rings. The number of carbonyl (C=O) groups excluding carboxylic acids is 2. The average molecular weight is 489 g/mol. The van der Waals surface area contributed by atoms with Gasteiger partial charge in [-0.05, 0) is 31.4 Å². The van der Waals surface area contributed by atoms with Crippen molar-refractivity contribution in [3.05, 3.63) is 28.4 Å². The molecule has 0 bridgehead atoms. The number of hydrogen-bond acceptors (Lipinski definition) is 8. The maximum Gasteiger partial charge on any atom is 0.471 e. The van der Waals surface area contributed by atoms with E-state index in [-0.39, 0.29) is 23.7 Å². The number of nitrogens with one attached hydrogen (secondary N) is 2. The number of amides is 2. The maximum absolute atomic E-state index is 12.9. The minimum absolute atomic E-state index is 0.101. The molecule has 1 saturated carbocycles. The Kier molecular flexibility index (Phi) is 6.05. The highest BCUT2D eigenvalue weighted by Gasteiger charge is 2.48. The largest absolute Gasteiger partial charge is 0.471 e. The quantitative estimate of drug-likeness (QED) is 0.503. The van der Waals surface area contributed by atoms with Crippen molar-refractivity contribution in [1.82, 2.24) is 25.3 Å². The SMILES string of the molecule is O=C(CO)N(C(=O)C(F)(F)F)[C@@H]1CC[C@H](c2nnc(Nc3ccc4[nH]ncc4c3Cl)s2)C1. The van der Waals surface area contributed by atoms with Crippen molar-refractivity contribution < 1.29 is 27.9 Å². The number of rotatable bonds is 5. The minimum atomic E-state index is -5.21. The molecule has 170 valence electrons. The minimum Gasteiger partial charge on any atom is -0.387 e.